The van der Waals surface area contributed by atoms with Crippen LogP contribution in [0.4, 0.5) is 0 Å². The maximum atomic E-state index is 12.1. The quantitative estimate of drug-likeness (QED) is 0.845. The molecular formula is C15H17N3O4. The van der Waals surface area contributed by atoms with Gasteiger partial charge in [0.2, 0.25) is 0 Å². The Hall–Kier alpha value is -2.83. The second-order valence-electron chi connectivity index (χ2n) is 4.77. The fraction of sp³-hybridized carbons (Fsp3) is 0.267. The number of nitrogens with zero attached hydrogens (tertiary/aromatic N) is 2. The number of hydrogen-bond donors (Lipinski definition) is 2. The highest BCUT2D eigenvalue weighted by Crippen LogP contribution is 2.21. The summed E-state index contributed by atoms with van der Waals surface area (Å²) in [7, 11) is 3.15. The first kappa shape index (κ1) is 15.6. The van der Waals surface area contributed by atoms with Gasteiger partial charge in [-0.1, -0.05) is 0 Å². The first-order valence-corrected chi connectivity index (χ1v) is 6.68. The Morgan fingerprint density at radius 1 is 1.32 bits per heavy atom. The van der Waals surface area contributed by atoms with Crippen molar-refractivity contribution in [2.24, 2.45) is 0 Å². The Bertz CT molecular complexity index is 664. The molecule has 0 aliphatic carbocycles. The Morgan fingerprint density at radius 3 is 2.59 bits per heavy atom. The molecule has 0 unspecified atom stereocenters. The van der Waals surface area contributed by atoms with Crippen LogP contribution in [0.5, 0.6) is 5.75 Å². The fourth-order valence-corrected chi connectivity index (χ4v) is 1.91. The van der Waals surface area contributed by atoms with E-state index in [0.29, 0.717) is 11.4 Å². The molecule has 2 rings (SSSR count). The highest BCUT2D eigenvalue weighted by atomic mass is 16.5. The highest BCUT2D eigenvalue weighted by molar-refractivity contribution is 5.93. The number of amides is 1. The molecule has 1 heterocycles. The van der Waals surface area contributed by atoms with Gasteiger partial charge in [0.05, 0.1) is 19.2 Å². The van der Waals surface area contributed by atoms with Crippen molar-refractivity contribution in [3.8, 4) is 17.0 Å². The third-order valence-corrected chi connectivity index (χ3v) is 3.20. The molecule has 0 atom stereocenters. The summed E-state index contributed by atoms with van der Waals surface area (Å²) < 4.78 is 5.09. The van der Waals surface area contributed by atoms with E-state index in [4.69, 9.17) is 9.84 Å². The second-order valence-corrected chi connectivity index (χ2v) is 4.77. The molecule has 116 valence electrons. The lowest BCUT2D eigenvalue weighted by atomic mass is 10.1. The van der Waals surface area contributed by atoms with Gasteiger partial charge in [-0.3, -0.25) is 14.7 Å². The van der Waals surface area contributed by atoms with Gasteiger partial charge in [0.1, 0.15) is 11.4 Å². The molecule has 22 heavy (non-hydrogen) atoms. The van der Waals surface area contributed by atoms with Crippen LogP contribution in [0.15, 0.2) is 30.3 Å². The number of aromatic nitrogens is 2. The lowest BCUT2D eigenvalue weighted by molar-refractivity contribution is -0.137. The fourth-order valence-electron chi connectivity index (χ4n) is 1.91. The summed E-state index contributed by atoms with van der Waals surface area (Å²) in [6.45, 7) is 0.144. The summed E-state index contributed by atoms with van der Waals surface area (Å²) in [5.74, 6) is -0.499. The zero-order valence-corrected chi connectivity index (χ0v) is 12.4. The molecule has 7 heteroatoms. The van der Waals surface area contributed by atoms with Gasteiger partial charge >= 0.3 is 5.97 Å². The average molecular weight is 303 g/mol. The minimum absolute atomic E-state index is 0.0955. The van der Waals surface area contributed by atoms with E-state index in [1.807, 2.05) is 24.3 Å². The number of ether oxygens (including phenoxy) is 1. The van der Waals surface area contributed by atoms with Crippen LogP contribution in [0.25, 0.3) is 11.3 Å². The number of H-pyrrole nitrogens is 1. The van der Waals surface area contributed by atoms with E-state index in [2.05, 4.69) is 10.2 Å². The van der Waals surface area contributed by atoms with E-state index < -0.39 is 5.97 Å². The van der Waals surface area contributed by atoms with E-state index in [9.17, 15) is 9.59 Å². The number of carboxylic acid groups (broad SMARTS) is 1. The highest BCUT2D eigenvalue weighted by Gasteiger charge is 2.16. The van der Waals surface area contributed by atoms with Crippen LogP contribution in [0.1, 0.15) is 16.9 Å². The van der Waals surface area contributed by atoms with E-state index in [0.717, 1.165) is 11.3 Å². The van der Waals surface area contributed by atoms with E-state index in [1.165, 1.54) is 4.90 Å². The number of hydrogen-bond acceptors (Lipinski definition) is 4. The van der Waals surface area contributed by atoms with Crippen molar-refractivity contribution >= 4 is 11.9 Å². The molecule has 0 radical (unpaired) electrons. The summed E-state index contributed by atoms with van der Waals surface area (Å²) in [4.78, 5) is 24.0. The van der Waals surface area contributed by atoms with Crippen molar-refractivity contribution in [2.45, 2.75) is 6.42 Å². The maximum absolute atomic E-state index is 12.1. The number of carbonyl (C=O) groups is 2. The first-order valence-electron chi connectivity index (χ1n) is 6.68. The maximum Gasteiger partial charge on any atom is 0.305 e. The molecule has 2 aromatic rings. The topological polar surface area (TPSA) is 95.5 Å². The van der Waals surface area contributed by atoms with Gasteiger partial charge in [-0.05, 0) is 30.3 Å². The smallest absolute Gasteiger partial charge is 0.305 e. The monoisotopic (exact) mass is 303 g/mol. The van der Waals surface area contributed by atoms with Crippen molar-refractivity contribution in [2.75, 3.05) is 20.7 Å². The van der Waals surface area contributed by atoms with Crippen LogP contribution >= 0.6 is 0 Å². The average Bonchev–Trinajstić information content (AvgIpc) is 3.01. The standard InChI is InChI=1S/C15H17N3O4/c1-18(8-7-14(19)20)15(21)13-9-12(16-17-13)10-3-5-11(22-2)6-4-10/h3-6,9H,7-8H2,1-2H3,(H,16,17)(H,19,20). The van der Waals surface area contributed by atoms with Crippen molar-refractivity contribution in [3.05, 3.63) is 36.0 Å². The number of aliphatic carboxylic acids is 1. The number of carbonyl (C=O) groups excluding carboxylic acids is 1. The van der Waals surface area contributed by atoms with E-state index in [-0.39, 0.29) is 18.9 Å². The minimum atomic E-state index is -0.941. The van der Waals surface area contributed by atoms with Crippen LogP contribution in [0, 0.1) is 0 Å². The summed E-state index contributed by atoms with van der Waals surface area (Å²) in [5.41, 5.74) is 1.81. The third kappa shape index (κ3) is 3.63. The summed E-state index contributed by atoms with van der Waals surface area (Å²) in [6.07, 6.45) is -0.0955. The largest absolute Gasteiger partial charge is 0.497 e. The molecule has 7 nitrogen and oxygen atoms in total. The van der Waals surface area contributed by atoms with Crippen LogP contribution in [-0.2, 0) is 4.79 Å². The normalized spacial score (nSPS) is 10.3. The van der Waals surface area contributed by atoms with Gasteiger partial charge in [0.15, 0.2) is 0 Å². The number of aromatic amines is 1. The molecular weight excluding hydrogens is 286 g/mol. The van der Waals surface area contributed by atoms with E-state index in [1.54, 1.807) is 20.2 Å². The third-order valence-electron chi connectivity index (χ3n) is 3.20. The predicted octanol–water partition coefficient (Wildman–Crippen LogP) is 1.63. The van der Waals surface area contributed by atoms with Gasteiger partial charge in [-0.15, -0.1) is 0 Å². The van der Waals surface area contributed by atoms with Crippen molar-refractivity contribution in [3.63, 3.8) is 0 Å². The molecule has 0 spiro atoms. The molecule has 1 aromatic carbocycles. The molecule has 0 bridgehead atoms. The SMILES string of the molecule is COc1ccc(-c2cc(C(=O)N(C)CCC(=O)O)[nH]n2)cc1. The van der Waals surface area contributed by atoms with Gasteiger partial charge in [0.25, 0.3) is 5.91 Å². The van der Waals surface area contributed by atoms with Crippen LogP contribution in [0.3, 0.4) is 0 Å². The number of rotatable bonds is 6. The van der Waals surface area contributed by atoms with Crippen LogP contribution in [0.2, 0.25) is 0 Å². The zero-order valence-electron chi connectivity index (χ0n) is 12.4. The number of carboxylic acids is 1. The van der Waals surface area contributed by atoms with Gasteiger partial charge in [0, 0.05) is 19.2 Å². The first-order chi connectivity index (χ1) is 10.5. The van der Waals surface area contributed by atoms with Crippen LogP contribution < -0.4 is 4.74 Å². The Morgan fingerprint density at radius 2 is 2.00 bits per heavy atom. The van der Waals surface area contributed by atoms with Gasteiger partial charge in [-0.2, -0.15) is 5.10 Å². The van der Waals surface area contributed by atoms with Gasteiger partial charge in [-0.25, -0.2) is 0 Å². The number of methoxy groups -OCH3 is 1. The van der Waals surface area contributed by atoms with Crippen LogP contribution in [-0.4, -0.2) is 52.8 Å². The summed E-state index contributed by atoms with van der Waals surface area (Å²) in [5, 5.41) is 15.4. The predicted molar refractivity (Wildman–Crippen MR) is 79.8 cm³/mol. The second kappa shape index (κ2) is 6.75. The van der Waals surface area contributed by atoms with Gasteiger partial charge < -0.3 is 14.7 Å². The molecule has 1 amide bonds. The molecule has 0 fully saturated rings. The molecule has 0 aliphatic rings. The van der Waals surface area contributed by atoms with E-state index >= 15 is 0 Å². The lowest BCUT2D eigenvalue weighted by Crippen LogP contribution is -2.29. The van der Waals surface area contributed by atoms with Crippen molar-refractivity contribution < 1.29 is 19.4 Å². The molecule has 0 saturated carbocycles. The molecule has 2 N–H and O–H groups in total. The Balaban J connectivity index is 2.09. The van der Waals surface area contributed by atoms with Crippen molar-refractivity contribution in [1.82, 2.24) is 15.1 Å². The number of benzene rings is 1. The lowest BCUT2D eigenvalue weighted by Gasteiger charge is -2.14. The zero-order chi connectivity index (χ0) is 16.1. The molecule has 1 aromatic heterocycles. The summed E-state index contributed by atoms with van der Waals surface area (Å²) >= 11 is 0. The Kier molecular flexibility index (Phi) is 4.77. The minimum Gasteiger partial charge on any atom is -0.497 e. The molecule has 0 saturated heterocycles. The Labute approximate surface area is 127 Å². The number of nitrogens with one attached hydrogen (secondary N) is 1. The molecule has 0 aliphatic heterocycles. The summed E-state index contributed by atoms with van der Waals surface area (Å²) in [6, 6.07) is 8.95. The van der Waals surface area contributed by atoms with Crippen molar-refractivity contribution in [1.29, 1.82) is 0 Å².